The zero-order valence-corrected chi connectivity index (χ0v) is 18.4. The van der Waals surface area contributed by atoms with E-state index in [0.29, 0.717) is 10.9 Å². The lowest BCUT2D eigenvalue weighted by Crippen LogP contribution is -2.25. The number of fused-ring (bicyclic) bond motifs is 3. The van der Waals surface area contributed by atoms with Crippen LogP contribution in [0.1, 0.15) is 5.56 Å². The molecule has 1 amide bonds. The SMILES string of the molecule is O=C(Cn1c2ccc(F)cc2c2ncn(Cc3ccccc3)c(=O)c21)Nc1ccc(Cl)cc1F. The van der Waals surface area contributed by atoms with Gasteiger partial charge in [0.1, 0.15) is 29.2 Å². The van der Waals surface area contributed by atoms with E-state index in [2.05, 4.69) is 10.3 Å². The highest BCUT2D eigenvalue weighted by molar-refractivity contribution is 6.30. The molecule has 0 atom stereocenters. The Kier molecular flexibility index (Phi) is 5.59. The van der Waals surface area contributed by atoms with Gasteiger partial charge in [-0.1, -0.05) is 41.9 Å². The number of anilines is 1. The number of nitrogens with one attached hydrogen (secondary N) is 1. The Morgan fingerprint density at radius 3 is 2.59 bits per heavy atom. The molecule has 0 unspecified atom stereocenters. The zero-order valence-electron chi connectivity index (χ0n) is 17.6. The zero-order chi connectivity index (χ0) is 23.8. The molecule has 0 fully saturated rings. The predicted molar refractivity (Wildman–Crippen MR) is 127 cm³/mol. The minimum Gasteiger partial charge on any atom is -0.325 e. The number of carbonyl (C=O) groups excluding carboxylic acids is 1. The monoisotopic (exact) mass is 478 g/mol. The summed E-state index contributed by atoms with van der Waals surface area (Å²) in [6.45, 7) is -0.0271. The van der Waals surface area contributed by atoms with Gasteiger partial charge < -0.3 is 9.88 Å². The first-order valence-corrected chi connectivity index (χ1v) is 10.7. The van der Waals surface area contributed by atoms with Crippen molar-refractivity contribution in [2.24, 2.45) is 0 Å². The van der Waals surface area contributed by atoms with Crippen molar-refractivity contribution in [1.29, 1.82) is 0 Å². The van der Waals surface area contributed by atoms with Crippen LogP contribution in [-0.4, -0.2) is 20.0 Å². The average molecular weight is 479 g/mol. The standard InChI is InChI=1S/C25H17ClF2N4O2/c26-16-6-8-20(19(28)10-16)30-22(33)13-32-21-9-7-17(27)11-18(21)23-24(32)25(34)31(14-29-23)12-15-4-2-1-3-5-15/h1-11,14H,12-13H2,(H,30,33). The van der Waals surface area contributed by atoms with Gasteiger partial charge in [0, 0.05) is 10.4 Å². The minimum atomic E-state index is -0.683. The van der Waals surface area contributed by atoms with Crippen molar-refractivity contribution in [2.75, 3.05) is 5.32 Å². The molecule has 6 nitrogen and oxygen atoms in total. The Bertz CT molecular complexity index is 1610. The Morgan fingerprint density at radius 2 is 1.82 bits per heavy atom. The van der Waals surface area contributed by atoms with Crippen molar-refractivity contribution in [2.45, 2.75) is 13.1 Å². The number of benzene rings is 3. The molecule has 0 spiro atoms. The van der Waals surface area contributed by atoms with Crippen molar-refractivity contribution in [3.05, 3.63) is 106 Å². The third-order valence-corrected chi connectivity index (χ3v) is 5.73. The molecule has 1 N–H and O–H groups in total. The summed E-state index contributed by atoms with van der Waals surface area (Å²) in [5.74, 6) is -1.74. The summed E-state index contributed by atoms with van der Waals surface area (Å²) in [5.41, 5.74) is 1.39. The number of carbonyl (C=O) groups is 1. The number of rotatable bonds is 5. The van der Waals surface area contributed by atoms with Crippen LogP contribution in [0.5, 0.6) is 0 Å². The molecule has 0 aliphatic heterocycles. The van der Waals surface area contributed by atoms with Crippen LogP contribution in [0.4, 0.5) is 14.5 Å². The number of nitrogens with zero attached hydrogens (tertiary/aromatic N) is 3. The number of hydrogen-bond acceptors (Lipinski definition) is 3. The van der Waals surface area contributed by atoms with E-state index in [1.807, 2.05) is 30.3 Å². The highest BCUT2D eigenvalue weighted by Gasteiger charge is 2.19. The van der Waals surface area contributed by atoms with E-state index >= 15 is 0 Å². The maximum Gasteiger partial charge on any atom is 0.278 e. The molecule has 0 aliphatic carbocycles. The van der Waals surface area contributed by atoms with Crippen LogP contribution in [0, 0.1) is 11.6 Å². The maximum atomic E-state index is 14.2. The van der Waals surface area contributed by atoms with Crippen molar-refractivity contribution < 1.29 is 13.6 Å². The summed E-state index contributed by atoms with van der Waals surface area (Å²) >= 11 is 5.77. The lowest BCUT2D eigenvalue weighted by Gasteiger charge is -2.10. The molecule has 170 valence electrons. The second-order valence-corrected chi connectivity index (χ2v) is 8.22. The van der Waals surface area contributed by atoms with Gasteiger partial charge in [0.2, 0.25) is 5.91 Å². The summed E-state index contributed by atoms with van der Waals surface area (Å²) in [6.07, 6.45) is 1.41. The molecule has 0 bridgehead atoms. The van der Waals surface area contributed by atoms with Gasteiger partial charge in [-0.05, 0) is 42.0 Å². The van der Waals surface area contributed by atoms with Crippen LogP contribution in [0.15, 0.2) is 77.9 Å². The molecule has 0 saturated carbocycles. The van der Waals surface area contributed by atoms with Crippen molar-refractivity contribution in [3.8, 4) is 0 Å². The van der Waals surface area contributed by atoms with Gasteiger partial charge in [0.15, 0.2) is 0 Å². The van der Waals surface area contributed by atoms with Crippen LogP contribution >= 0.6 is 11.6 Å². The fourth-order valence-electron chi connectivity index (χ4n) is 3.95. The second kappa shape index (κ2) is 8.72. The normalized spacial score (nSPS) is 11.3. The van der Waals surface area contributed by atoms with Crippen LogP contribution in [0.3, 0.4) is 0 Å². The molecular weight excluding hydrogens is 462 g/mol. The summed E-state index contributed by atoms with van der Waals surface area (Å²) in [6, 6.07) is 17.3. The van der Waals surface area contributed by atoms with E-state index in [9.17, 15) is 18.4 Å². The molecule has 9 heteroatoms. The summed E-state index contributed by atoms with van der Waals surface area (Å²) in [7, 11) is 0. The largest absolute Gasteiger partial charge is 0.325 e. The third-order valence-electron chi connectivity index (χ3n) is 5.49. The van der Waals surface area contributed by atoms with Gasteiger partial charge in [0.25, 0.3) is 5.56 Å². The fourth-order valence-corrected chi connectivity index (χ4v) is 4.11. The van der Waals surface area contributed by atoms with Gasteiger partial charge in [-0.2, -0.15) is 0 Å². The summed E-state index contributed by atoms with van der Waals surface area (Å²) in [5, 5.41) is 3.10. The molecule has 34 heavy (non-hydrogen) atoms. The van der Waals surface area contributed by atoms with Gasteiger partial charge in [-0.25, -0.2) is 13.8 Å². The van der Waals surface area contributed by atoms with Crippen LogP contribution in [0.2, 0.25) is 5.02 Å². The topological polar surface area (TPSA) is 68.9 Å². The maximum absolute atomic E-state index is 14.2. The second-order valence-electron chi connectivity index (χ2n) is 7.78. The highest BCUT2D eigenvalue weighted by atomic mass is 35.5. The van der Waals surface area contributed by atoms with E-state index < -0.39 is 17.5 Å². The molecular formula is C25H17ClF2N4O2. The lowest BCUT2D eigenvalue weighted by atomic mass is 10.2. The fraction of sp³-hybridized carbons (Fsp3) is 0.0800. The number of amides is 1. The first-order valence-electron chi connectivity index (χ1n) is 10.4. The lowest BCUT2D eigenvalue weighted by molar-refractivity contribution is -0.116. The molecule has 2 heterocycles. The van der Waals surface area contributed by atoms with Crippen molar-refractivity contribution in [3.63, 3.8) is 0 Å². The first-order chi connectivity index (χ1) is 16.4. The quantitative estimate of drug-likeness (QED) is 0.388. The van der Waals surface area contributed by atoms with Crippen molar-refractivity contribution in [1.82, 2.24) is 14.1 Å². The molecule has 0 aliphatic rings. The Morgan fingerprint density at radius 1 is 1.03 bits per heavy atom. The first kappa shape index (κ1) is 21.8. The minimum absolute atomic E-state index is 0.0409. The Balaban J connectivity index is 1.60. The molecule has 0 radical (unpaired) electrons. The molecule has 5 rings (SSSR count). The van der Waals surface area contributed by atoms with Gasteiger partial charge in [-0.3, -0.25) is 14.2 Å². The summed E-state index contributed by atoms with van der Waals surface area (Å²) in [4.78, 5) is 30.7. The van der Waals surface area contributed by atoms with E-state index in [-0.39, 0.29) is 40.4 Å². The van der Waals surface area contributed by atoms with Gasteiger partial charge in [-0.15, -0.1) is 0 Å². The van der Waals surface area contributed by atoms with E-state index in [4.69, 9.17) is 11.6 Å². The molecule has 3 aromatic carbocycles. The molecule has 0 saturated heterocycles. The highest BCUT2D eigenvalue weighted by Crippen LogP contribution is 2.27. The molecule has 5 aromatic rings. The van der Waals surface area contributed by atoms with Gasteiger partial charge >= 0.3 is 0 Å². The van der Waals surface area contributed by atoms with Crippen molar-refractivity contribution >= 4 is 45.1 Å². The Labute approximate surface area is 197 Å². The van der Waals surface area contributed by atoms with E-state index in [1.54, 1.807) is 0 Å². The predicted octanol–water partition coefficient (Wildman–Crippen LogP) is 4.97. The van der Waals surface area contributed by atoms with Crippen LogP contribution in [-0.2, 0) is 17.9 Å². The van der Waals surface area contributed by atoms with Gasteiger partial charge in [0.05, 0.1) is 24.1 Å². The van der Waals surface area contributed by atoms with E-state index in [0.717, 1.165) is 11.6 Å². The Hall–Kier alpha value is -4.04. The molecule has 2 aromatic heterocycles. The number of aromatic nitrogens is 3. The summed E-state index contributed by atoms with van der Waals surface area (Å²) < 4.78 is 31.1. The van der Waals surface area contributed by atoms with Crippen LogP contribution < -0.4 is 10.9 Å². The van der Waals surface area contributed by atoms with Crippen LogP contribution in [0.25, 0.3) is 21.9 Å². The van der Waals surface area contributed by atoms with E-state index in [1.165, 1.54) is 45.8 Å². The smallest absolute Gasteiger partial charge is 0.278 e. The average Bonchev–Trinajstić information content (AvgIpc) is 3.11. The number of halogens is 3. The number of hydrogen-bond donors (Lipinski definition) is 1. The third kappa shape index (κ3) is 4.04.